The molecule has 0 saturated carbocycles. The average molecular weight is 367 g/mol. The number of nitrogens with zero attached hydrogens (tertiary/aromatic N) is 2. The van der Waals surface area contributed by atoms with Crippen LogP contribution < -0.4 is 5.32 Å². The third kappa shape index (κ3) is 3.81. The molecule has 9 heteroatoms. The standard InChI is InChI=1S/C15H17N3O4S2/c19-15(17-10-12-2-1-3-16-9-12)14-8-13(11-23-14)24(20,21)18-4-6-22-7-5-18/h1-3,8-9,11H,4-7,10H2,(H,17,19). The van der Waals surface area contributed by atoms with Gasteiger partial charge in [-0.3, -0.25) is 9.78 Å². The quantitative estimate of drug-likeness (QED) is 0.855. The number of thiophene rings is 1. The van der Waals surface area contributed by atoms with Crippen LogP contribution in [-0.2, 0) is 21.3 Å². The second-order valence-corrected chi connectivity index (χ2v) is 8.06. The van der Waals surface area contributed by atoms with E-state index in [1.807, 2.05) is 6.07 Å². The molecule has 1 saturated heterocycles. The average Bonchev–Trinajstić information content (AvgIpc) is 3.12. The zero-order valence-electron chi connectivity index (χ0n) is 12.8. The van der Waals surface area contributed by atoms with E-state index in [1.54, 1.807) is 18.5 Å². The lowest BCUT2D eigenvalue weighted by Gasteiger charge is -2.25. The minimum absolute atomic E-state index is 0.154. The molecular weight excluding hydrogens is 350 g/mol. The highest BCUT2D eigenvalue weighted by molar-refractivity contribution is 7.89. The van der Waals surface area contributed by atoms with Crippen LogP contribution in [0.25, 0.3) is 0 Å². The van der Waals surface area contributed by atoms with Gasteiger partial charge in [0.05, 0.1) is 23.0 Å². The lowest BCUT2D eigenvalue weighted by Crippen LogP contribution is -2.40. The molecule has 1 fully saturated rings. The summed E-state index contributed by atoms with van der Waals surface area (Å²) in [4.78, 5) is 16.7. The van der Waals surface area contributed by atoms with Crippen LogP contribution in [0.5, 0.6) is 0 Å². The second-order valence-electron chi connectivity index (χ2n) is 5.21. The Hall–Kier alpha value is -1.81. The normalized spacial score (nSPS) is 16.0. The van der Waals surface area contributed by atoms with E-state index in [2.05, 4.69) is 10.3 Å². The van der Waals surface area contributed by atoms with Gasteiger partial charge in [-0.25, -0.2) is 8.42 Å². The molecule has 0 unspecified atom stereocenters. The maximum atomic E-state index is 12.5. The zero-order valence-corrected chi connectivity index (χ0v) is 14.5. The largest absolute Gasteiger partial charge is 0.379 e. The first kappa shape index (κ1) is 17.0. The van der Waals surface area contributed by atoms with Gasteiger partial charge >= 0.3 is 0 Å². The van der Waals surface area contributed by atoms with Gasteiger partial charge in [0.1, 0.15) is 0 Å². The number of hydrogen-bond donors (Lipinski definition) is 1. The molecule has 0 radical (unpaired) electrons. The third-order valence-corrected chi connectivity index (χ3v) is 6.54. The van der Waals surface area contributed by atoms with Crippen LogP contribution >= 0.6 is 11.3 Å². The van der Waals surface area contributed by atoms with E-state index >= 15 is 0 Å². The molecule has 7 nitrogen and oxygen atoms in total. The molecule has 0 bridgehead atoms. The second kappa shape index (κ2) is 7.39. The van der Waals surface area contributed by atoms with Gasteiger partial charge in [-0.2, -0.15) is 4.31 Å². The molecule has 3 rings (SSSR count). The van der Waals surface area contributed by atoms with E-state index in [9.17, 15) is 13.2 Å². The van der Waals surface area contributed by atoms with Crippen LogP contribution in [0, 0.1) is 0 Å². The summed E-state index contributed by atoms with van der Waals surface area (Å²) in [6.07, 6.45) is 3.33. The minimum atomic E-state index is -3.57. The first-order valence-electron chi connectivity index (χ1n) is 7.41. The fourth-order valence-electron chi connectivity index (χ4n) is 2.28. The Labute approximate surface area is 144 Å². The van der Waals surface area contributed by atoms with Gasteiger partial charge in [-0.15, -0.1) is 11.3 Å². The van der Waals surface area contributed by atoms with E-state index in [4.69, 9.17) is 4.74 Å². The number of pyridine rings is 1. The van der Waals surface area contributed by atoms with E-state index in [-0.39, 0.29) is 10.8 Å². The summed E-state index contributed by atoms with van der Waals surface area (Å²) in [7, 11) is -3.57. The number of carbonyl (C=O) groups is 1. The SMILES string of the molecule is O=C(NCc1cccnc1)c1cc(S(=O)(=O)N2CCOCC2)cs1. The van der Waals surface area contributed by atoms with Crippen molar-refractivity contribution in [2.75, 3.05) is 26.3 Å². The predicted octanol–water partition coefficient (Wildman–Crippen LogP) is 1.09. The molecule has 1 aliphatic heterocycles. The van der Waals surface area contributed by atoms with Crippen LogP contribution in [0.4, 0.5) is 0 Å². The highest BCUT2D eigenvalue weighted by Crippen LogP contribution is 2.23. The summed E-state index contributed by atoms with van der Waals surface area (Å²) in [6, 6.07) is 5.07. The van der Waals surface area contributed by atoms with Gasteiger partial charge in [0.2, 0.25) is 10.0 Å². The molecular formula is C15H17N3O4S2. The molecule has 1 aliphatic rings. The van der Waals surface area contributed by atoms with E-state index in [1.165, 1.54) is 15.8 Å². The van der Waals surface area contributed by atoms with Gasteiger partial charge in [-0.1, -0.05) is 6.07 Å². The molecule has 0 atom stereocenters. The van der Waals surface area contributed by atoms with Crippen molar-refractivity contribution in [1.82, 2.24) is 14.6 Å². The molecule has 24 heavy (non-hydrogen) atoms. The van der Waals surface area contributed by atoms with Crippen LogP contribution in [0.15, 0.2) is 40.9 Å². The number of carbonyl (C=O) groups excluding carboxylic acids is 1. The summed E-state index contributed by atoms with van der Waals surface area (Å²) in [5.74, 6) is -0.299. The molecule has 1 N–H and O–H groups in total. The number of hydrogen-bond acceptors (Lipinski definition) is 6. The van der Waals surface area contributed by atoms with E-state index < -0.39 is 10.0 Å². The molecule has 1 amide bonds. The monoisotopic (exact) mass is 367 g/mol. The van der Waals surface area contributed by atoms with Crippen molar-refractivity contribution in [3.63, 3.8) is 0 Å². The fraction of sp³-hybridized carbons (Fsp3) is 0.333. The maximum absolute atomic E-state index is 12.5. The van der Waals surface area contributed by atoms with Crippen LogP contribution in [0.3, 0.4) is 0 Å². The highest BCUT2D eigenvalue weighted by atomic mass is 32.2. The Morgan fingerprint density at radius 1 is 1.38 bits per heavy atom. The molecule has 2 aromatic rings. The molecule has 0 aromatic carbocycles. The van der Waals surface area contributed by atoms with Gasteiger partial charge in [0, 0.05) is 37.4 Å². The minimum Gasteiger partial charge on any atom is -0.379 e. The van der Waals surface area contributed by atoms with E-state index in [0.717, 1.165) is 16.9 Å². The molecule has 128 valence electrons. The van der Waals surface area contributed by atoms with Crippen molar-refractivity contribution in [1.29, 1.82) is 0 Å². The first-order valence-corrected chi connectivity index (χ1v) is 9.73. The van der Waals surface area contributed by atoms with Gasteiger partial charge in [-0.05, 0) is 17.7 Å². The molecule has 2 aromatic heterocycles. The lowest BCUT2D eigenvalue weighted by molar-refractivity contribution is 0.0730. The van der Waals surface area contributed by atoms with E-state index in [0.29, 0.717) is 37.7 Å². The Morgan fingerprint density at radius 3 is 2.88 bits per heavy atom. The van der Waals surface area contributed by atoms with Crippen LogP contribution in [0.2, 0.25) is 0 Å². The van der Waals surface area contributed by atoms with Crippen molar-refractivity contribution >= 4 is 27.3 Å². The molecule has 3 heterocycles. The first-order chi connectivity index (χ1) is 11.6. The Kier molecular flexibility index (Phi) is 5.24. The van der Waals surface area contributed by atoms with Crippen molar-refractivity contribution in [2.45, 2.75) is 11.4 Å². The zero-order chi connectivity index (χ0) is 17.0. The Morgan fingerprint density at radius 2 is 2.17 bits per heavy atom. The summed E-state index contributed by atoms with van der Waals surface area (Å²) in [5, 5.41) is 4.27. The van der Waals surface area contributed by atoms with Crippen molar-refractivity contribution in [3.8, 4) is 0 Å². The smallest absolute Gasteiger partial charge is 0.261 e. The topological polar surface area (TPSA) is 88.6 Å². The number of morpholine rings is 1. The lowest BCUT2D eigenvalue weighted by atomic mass is 10.3. The fourth-order valence-corrected chi connectivity index (χ4v) is 4.87. The number of sulfonamides is 1. The highest BCUT2D eigenvalue weighted by Gasteiger charge is 2.28. The number of aromatic nitrogens is 1. The predicted molar refractivity (Wildman–Crippen MR) is 89.3 cm³/mol. The van der Waals surface area contributed by atoms with Crippen molar-refractivity contribution < 1.29 is 17.9 Å². The summed E-state index contributed by atoms with van der Waals surface area (Å²) >= 11 is 1.12. The van der Waals surface area contributed by atoms with Crippen LogP contribution in [0.1, 0.15) is 15.2 Å². The van der Waals surface area contributed by atoms with Crippen molar-refractivity contribution in [3.05, 3.63) is 46.4 Å². The van der Waals surface area contributed by atoms with Gasteiger partial charge in [0.15, 0.2) is 0 Å². The Bertz CT molecular complexity index is 799. The molecule has 0 aliphatic carbocycles. The van der Waals surface area contributed by atoms with Crippen molar-refractivity contribution in [2.24, 2.45) is 0 Å². The Balaban J connectivity index is 1.67. The third-order valence-electron chi connectivity index (χ3n) is 3.58. The number of amides is 1. The summed E-state index contributed by atoms with van der Waals surface area (Å²) in [5.41, 5.74) is 0.878. The maximum Gasteiger partial charge on any atom is 0.261 e. The van der Waals surface area contributed by atoms with Gasteiger partial charge < -0.3 is 10.1 Å². The van der Waals surface area contributed by atoms with Gasteiger partial charge in [0.25, 0.3) is 5.91 Å². The number of ether oxygens (including phenoxy) is 1. The molecule has 0 spiro atoms. The summed E-state index contributed by atoms with van der Waals surface area (Å²) < 4.78 is 31.6. The number of nitrogens with one attached hydrogen (secondary N) is 1. The number of rotatable bonds is 5. The van der Waals surface area contributed by atoms with Crippen LogP contribution in [-0.4, -0.2) is 49.9 Å². The summed E-state index contributed by atoms with van der Waals surface area (Å²) in [6.45, 7) is 1.79.